The van der Waals surface area contributed by atoms with Crippen LogP contribution in [0.5, 0.6) is 0 Å². The van der Waals surface area contributed by atoms with Crippen LogP contribution in [0.2, 0.25) is 0 Å². The first-order chi connectivity index (χ1) is 11.3. The molecule has 118 valence electrons. The number of aromatic nitrogens is 1. The molecule has 3 nitrogen and oxygen atoms in total. The third kappa shape index (κ3) is 2.32. The van der Waals surface area contributed by atoms with E-state index in [0.717, 1.165) is 6.54 Å². The van der Waals surface area contributed by atoms with Gasteiger partial charge in [-0.15, -0.1) is 0 Å². The number of aryl methyl sites for hydroxylation is 2. The minimum Gasteiger partial charge on any atom is -0.363 e. The normalized spacial score (nSPS) is 15.7. The minimum atomic E-state index is 0.225. The Bertz CT molecular complexity index is 834. The number of hydrogen-bond donors (Lipinski definition) is 1. The van der Waals surface area contributed by atoms with Crippen molar-refractivity contribution in [2.75, 3.05) is 18.0 Å². The van der Waals surface area contributed by atoms with E-state index in [1.807, 2.05) is 0 Å². The lowest BCUT2D eigenvalue weighted by Gasteiger charge is -2.37. The topological polar surface area (TPSA) is 34.2 Å². The van der Waals surface area contributed by atoms with Crippen molar-refractivity contribution in [3.8, 4) is 0 Å². The maximum atomic E-state index is 6.24. The van der Waals surface area contributed by atoms with Gasteiger partial charge in [-0.1, -0.05) is 36.4 Å². The summed E-state index contributed by atoms with van der Waals surface area (Å²) in [5.41, 5.74) is 11.6. The zero-order chi connectivity index (χ0) is 15.8. The summed E-state index contributed by atoms with van der Waals surface area (Å²) in [4.78, 5) is 2.50. The number of nitrogens with two attached hydrogens (primary N) is 1. The van der Waals surface area contributed by atoms with Gasteiger partial charge in [-0.25, -0.2) is 0 Å². The van der Waals surface area contributed by atoms with Gasteiger partial charge in [0, 0.05) is 48.5 Å². The van der Waals surface area contributed by atoms with Gasteiger partial charge < -0.3 is 15.2 Å². The zero-order valence-electron chi connectivity index (χ0n) is 13.6. The Kier molecular flexibility index (Phi) is 3.58. The molecule has 0 saturated carbocycles. The van der Waals surface area contributed by atoms with Gasteiger partial charge in [0.2, 0.25) is 0 Å². The highest BCUT2D eigenvalue weighted by molar-refractivity contribution is 5.85. The molecular formula is C20H23N3. The molecule has 2 N–H and O–H groups in total. The second kappa shape index (κ2) is 5.74. The summed E-state index contributed by atoms with van der Waals surface area (Å²) in [5.74, 6) is 0. The van der Waals surface area contributed by atoms with Gasteiger partial charge in [0.15, 0.2) is 0 Å². The van der Waals surface area contributed by atoms with Crippen LogP contribution in [0.15, 0.2) is 54.7 Å². The first-order valence-electron chi connectivity index (χ1n) is 8.38. The zero-order valence-corrected chi connectivity index (χ0v) is 13.6. The molecule has 3 heteroatoms. The molecule has 0 spiro atoms. The summed E-state index contributed by atoms with van der Waals surface area (Å²) in [6.07, 6.45) is 4.61. The smallest absolute Gasteiger partial charge is 0.0685 e. The Labute approximate surface area is 137 Å². The molecule has 0 fully saturated rings. The summed E-state index contributed by atoms with van der Waals surface area (Å²) in [6, 6.07) is 17.6. The van der Waals surface area contributed by atoms with Crippen molar-refractivity contribution in [1.82, 2.24) is 4.57 Å². The Morgan fingerprint density at radius 2 is 1.87 bits per heavy atom. The molecule has 1 unspecified atom stereocenters. The van der Waals surface area contributed by atoms with Crippen molar-refractivity contribution in [1.29, 1.82) is 0 Å². The lowest BCUT2D eigenvalue weighted by molar-refractivity contribution is 0.589. The van der Waals surface area contributed by atoms with Crippen LogP contribution in [0.3, 0.4) is 0 Å². The molecule has 0 saturated heterocycles. The fraction of sp³-hybridized carbons (Fsp3) is 0.300. The molecule has 3 aromatic rings. The van der Waals surface area contributed by atoms with E-state index in [1.165, 1.54) is 40.6 Å². The monoisotopic (exact) mass is 305 g/mol. The Morgan fingerprint density at radius 1 is 1.09 bits per heavy atom. The lowest BCUT2D eigenvalue weighted by atomic mass is 9.97. The van der Waals surface area contributed by atoms with E-state index in [9.17, 15) is 0 Å². The van der Waals surface area contributed by atoms with Gasteiger partial charge in [-0.2, -0.15) is 0 Å². The van der Waals surface area contributed by atoms with Crippen LogP contribution in [0, 0.1) is 0 Å². The molecule has 0 aliphatic carbocycles. The summed E-state index contributed by atoms with van der Waals surface area (Å²) >= 11 is 0. The van der Waals surface area contributed by atoms with E-state index in [4.69, 9.17) is 5.73 Å². The molecule has 2 heterocycles. The van der Waals surface area contributed by atoms with Crippen molar-refractivity contribution in [2.45, 2.75) is 18.9 Å². The third-order valence-electron chi connectivity index (χ3n) is 5.03. The fourth-order valence-electron chi connectivity index (χ4n) is 3.95. The van der Waals surface area contributed by atoms with Crippen molar-refractivity contribution >= 4 is 16.6 Å². The van der Waals surface area contributed by atoms with Crippen LogP contribution >= 0.6 is 0 Å². The first-order valence-corrected chi connectivity index (χ1v) is 8.38. The van der Waals surface area contributed by atoms with Crippen molar-refractivity contribution in [2.24, 2.45) is 12.8 Å². The molecule has 4 rings (SSSR count). The Balaban J connectivity index is 1.83. The molecule has 0 bridgehead atoms. The predicted molar refractivity (Wildman–Crippen MR) is 96.8 cm³/mol. The van der Waals surface area contributed by atoms with Gasteiger partial charge in [0.1, 0.15) is 0 Å². The molecular weight excluding hydrogens is 282 g/mol. The summed E-state index contributed by atoms with van der Waals surface area (Å²) in [5, 5.41) is 1.31. The maximum absolute atomic E-state index is 6.24. The van der Waals surface area contributed by atoms with E-state index in [2.05, 4.69) is 71.2 Å². The van der Waals surface area contributed by atoms with Gasteiger partial charge in [0.05, 0.1) is 6.04 Å². The Hall–Kier alpha value is -2.26. The Morgan fingerprint density at radius 3 is 2.74 bits per heavy atom. The van der Waals surface area contributed by atoms with E-state index >= 15 is 0 Å². The first kappa shape index (κ1) is 14.3. The van der Waals surface area contributed by atoms with Crippen LogP contribution in [0.4, 0.5) is 5.69 Å². The third-order valence-corrected chi connectivity index (χ3v) is 5.03. The van der Waals surface area contributed by atoms with Gasteiger partial charge in [-0.05, 0) is 30.5 Å². The summed E-state index contributed by atoms with van der Waals surface area (Å²) in [7, 11) is 2.11. The molecule has 1 atom stereocenters. The molecule has 0 radical (unpaired) electrons. The van der Waals surface area contributed by atoms with Crippen molar-refractivity contribution in [3.63, 3.8) is 0 Å². The lowest BCUT2D eigenvalue weighted by Crippen LogP contribution is -2.37. The van der Waals surface area contributed by atoms with Crippen LogP contribution < -0.4 is 10.6 Å². The number of fused-ring (bicyclic) bond motifs is 2. The van der Waals surface area contributed by atoms with Crippen molar-refractivity contribution in [3.05, 3.63) is 65.9 Å². The number of rotatable bonds is 3. The highest BCUT2D eigenvalue weighted by Gasteiger charge is 2.26. The van der Waals surface area contributed by atoms with Crippen LogP contribution in [0.25, 0.3) is 10.9 Å². The van der Waals surface area contributed by atoms with Gasteiger partial charge in [0.25, 0.3) is 0 Å². The number of para-hydroxylation sites is 2. The van der Waals surface area contributed by atoms with Crippen LogP contribution in [0.1, 0.15) is 23.6 Å². The summed E-state index contributed by atoms with van der Waals surface area (Å²) < 4.78 is 2.21. The SMILES string of the molecule is Cn1cc(C(CN)N2CCCc3ccccc32)c2ccccc21. The highest BCUT2D eigenvalue weighted by Crippen LogP contribution is 2.36. The molecule has 2 aromatic carbocycles. The quantitative estimate of drug-likeness (QED) is 0.802. The maximum Gasteiger partial charge on any atom is 0.0685 e. The average Bonchev–Trinajstić information content (AvgIpc) is 2.93. The van der Waals surface area contributed by atoms with Gasteiger partial charge in [-0.3, -0.25) is 0 Å². The van der Waals surface area contributed by atoms with E-state index in [-0.39, 0.29) is 6.04 Å². The van der Waals surface area contributed by atoms with Crippen molar-refractivity contribution < 1.29 is 0 Å². The number of benzene rings is 2. The van der Waals surface area contributed by atoms with E-state index in [1.54, 1.807) is 0 Å². The second-order valence-electron chi connectivity index (χ2n) is 6.39. The van der Waals surface area contributed by atoms with E-state index < -0.39 is 0 Å². The summed E-state index contributed by atoms with van der Waals surface area (Å²) in [6.45, 7) is 1.70. The fourth-order valence-corrected chi connectivity index (χ4v) is 3.95. The molecule has 1 aliphatic heterocycles. The van der Waals surface area contributed by atoms with Gasteiger partial charge >= 0.3 is 0 Å². The highest BCUT2D eigenvalue weighted by atomic mass is 15.2. The standard InChI is InChI=1S/C20H23N3/c1-22-14-17(16-9-3-5-11-19(16)22)20(13-21)23-12-6-8-15-7-2-4-10-18(15)23/h2-5,7,9-11,14,20H,6,8,12-13,21H2,1H3. The predicted octanol–water partition coefficient (Wildman–Crippen LogP) is 3.63. The van der Waals surface area contributed by atoms with Crippen LogP contribution in [-0.4, -0.2) is 17.7 Å². The number of anilines is 1. The molecule has 1 aliphatic rings. The number of nitrogens with zero attached hydrogens (tertiary/aromatic N) is 2. The van der Waals surface area contributed by atoms with E-state index in [0.29, 0.717) is 6.54 Å². The molecule has 0 amide bonds. The van der Waals surface area contributed by atoms with Crippen LogP contribution in [-0.2, 0) is 13.5 Å². The minimum absolute atomic E-state index is 0.225. The average molecular weight is 305 g/mol. The number of hydrogen-bond acceptors (Lipinski definition) is 2. The molecule has 23 heavy (non-hydrogen) atoms. The largest absolute Gasteiger partial charge is 0.363 e. The second-order valence-corrected chi connectivity index (χ2v) is 6.39. The molecule has 1 aromatic heterocycles.